The average molecular weight is 297 g/mol. The van der Waals surface area contributed by atoms with E-state index >= 15 is 0 Å². The van der Waals surface area contributed by atoms with E-state index in [9.17, 15) is 17.6 Å². The lowest BCUT2D eigenvalue weighted by molar-refractivity contribution is 0.447. The van der Waals surface area contributed by atoms with Gasteiger partial charge in [-0.3, -0.25) is 0 Å². The summed E-state index contributed by atoms with van der Waals surface area (Å²) in [5, 5.41) is 3.15. The Labute approximate surface area is 120 Å². The quantitative estimate of drug-likeness (QED) is 0.490. The first-order chi connectivity index (χ1) is 10.0. The third-order valence-corrected chi connectivity index (χ3v) is 3.08. The zero-order valence-corrected chi connectivity index (χ0v) is 11.5. The molecule has 0 saturated heterocycles. The van der Waals surface area contributed by atoms with Crippen molar-refractivity contribution < 1.29 is 17.6 Å². The highest BCUT2D eigenvalue weighted by atomic mass is 19.2. The van der Waals surface area contributed by atoms with Crippen LogP contribution in [0, 0.1) is 23.3 Å². The number of hydrogen-bond acceptors (Lipinski definition) is 1. The highest BCUT2D eigenvalue weighted by Gasteiger charge is 2.14. The summed E-state index contributed by atoms with van der Waals surface area (Å²) in [6.45, 7) is 3.35. The lowest BCUT2D eigenvalue weighted by Gasteiger charge is -2.09. The van der Waals surface area contributed by atoms with Gasteiger partial charge >= 0.3 is 0 Å². The average Bonchev–Trinajstić information content (AvgIpc) is 2.46. The number of benzene rings is 2. The Bertz CT molecular complexity index is 617. The van der Waals surface area contributed by atoms with Crippen LogP contribution < -0.4 is 5.32 Å². The van der Waals surface area contributed by atoms with E-state index in [-0.39, 0.29) is 11.1 Å². The van der Waals surface area contributed by atoms with Gasteiger partial charge in [0.15, 0.2) is 17.5 Å². The summed E-state index contributed by atoms with van der Waals surface area (Å²) in [5.41, 5.74) is 0.801. The normalized spacial score (nSPS) is 10.9. The van der Waals surface area contributed by atoms with Gasteiger partial charge in [-0.1, -0.05) is 13.0 Å². The van der Waals surface area contributed by atoms with Gasteiger partial charge in [0, 0.05) is 12.1 Å². The summed E-state index contributed by atoms with van der Waals surface area (Å²) in [7, 11) is 0. The fourth-order valence-electron chi connectivity index (χ4n) is 2.02. The summed E-state index contributed by atoms with van der Waals surface area (Å²) in [5.74, 6) is -4.84. The molecule has 0 spiro atoms. The molecule has 2 aromatic carbocycles. The van der Waals surface area contributed by atoms with Crippen molar-refractivity contribution in [3.8, 4) is 11.1 Å². The van der Waals surface area contributed by atoms with Gasteiger partial charge in [0.1, 0.15) is 5.82 Å². The van der Waals surface area contributed by atoms with Crippen LogP contribution in [0.2, 0.25) is 0 Å². The highest BCUT2D eigenvalue weighted by Crippen LogP contribution is 2.27. The molecular weight excluding hydrogens is 282 g/mol. The van der Waals surface area contributed by atoms with Crippen LogP contribution >= 0.6 is 0 Å². The molecule has 0 saturated carbocycles. The van der Waals surface area contributed by atoms with E-state index in [1.165, 1.54) is 12.1 Å². The molecule has 0 aromatic heterocycles. The summed E-state index contributed by atoms with van der Waals surface area (Å²) >= 11 is 0. The molecule has 0 aliphatic rings. The minimum atomic E-state index is -1.56. The molecule has 21 heavy (non-hydrogen) atoms. The van der Waals surface area contributed by atoms with E-state index < -0.39 is 23.3 Å². The minimum Gasteiger partial charge on any atom is -0.313 e. The topological polar surface area (TPSA) is 12.0 Å². The smallest absolute Gasteiger partial charge is 0.194 e. The van der Waals surface area contributed by atoms with Gasteiger partial charge in [0.25, 0.3) is 0 Å². The SMILES string of the molecule is CCCNCc1ccc(F)c(-c2cc(F)c(F)c(F)c2)c1. The molecule has 1 N–H and O–H groups in total. The maximum absolute atomic E-state index is 13.8. The standard InChI is InChI=1S/C16H15F4N/c1-2-5-21-9-10-3-4-13(17)12(6-10)11-7-14(18)16(20)15(19)8-11/h3-4,6-8,21H,2,5,9H2,1H3. The predicted octanol–water partition coefficient (Wildman–Crippen LogP) is 4.41. The zero-order valence-electron chi connectivity index (χ0n) is 11.5. The molecule has 0 amide bonds. The number of halogens is 4. The molecule has 0 aliphatic carbocycles. The van der Waals surface area contributed by atoms with E-state index in [2.05, 4.69) is 5.32 Å². The molecule has 0 atom stereocenters. The van der Waals surface area contributed by atoms with Crippen molar-refractivity contribution in [3.63, 3.8) is 0 Å². The summed E-state index contributed by atoms with van der Waals surface area (Å²) in [6.07, 6.45) is 0.961. The molecule has 1 nitrogen and oxygen atoms in total. The zero-order chi connectivity index (χ0) is 15.4. The third-order valence-electron chi connectivity index (χ3n) is 3.08. The Hall–Kier alpha value is -1.88. The number of hydrogen-bond donors (Lipinski definition) is 1. The first-order valence-electron chi connectivity index (χ1n) is 6.67. The van der Waals surface area contributed by atoms with Crippen LogP contribution in [-0.2, 0) is 6.54 Å². The van der Waals surface area contributed by atoms with Crippen molar-refractivity contribution in [3.05, 3.63) is 59.2 Å². The number of rotatable bonds is 5. The molecule has 0 unspecified atom stereocenters. The van der Waals surface area contributed by atoms with Crippen molar-refractivity contribution in [1.82, 2.24) is 5.32 Å². The Morgan fingerprint density at radius 2 is 1.57 bits per heavy atom. The van der Waals surface area contributed by atoms with Gasteiger partial charge in [-0.05, 0) is 48.4 Å². The first-order valence-corrected chi connectivity index (χ1v) is 6.67. The van der Waals surface area contributed by atoms with Gasteiger partial charge in [0.2, 0.25) is 0 Å². The molecule has 0 aliphatic heterocycles. The van der Waals surface area contributed by atoms with Gasteiger partial charge in [-0.2, -0.15) is 0 Å². The molecule has 0 radical (unpaired) electrons. The molecule has 5 heteroatoms. The summed E-state index contributed by atoms with van der Waals surface area (Å²) < 4.78 is 53.3. The molecule has 2 rings (SSSR count). The van der Waals surface area contributed by atoms with Crippen LogP contribution in [0.3, 0.4) is 0 Å². The molecule has 2 aromatic rings. The second kappa shape index (κ2) is 6.72. The first kappa shape index (κ1) is 15.5. The van der Waals surface area contributed by atoms with E-state index in [1.54, 1.807) is 6.07 Å². The van der Waals surface area contributed by atoms with Crippen LogP contribution in [0.15, 0.2) is 30.3 Å². The predicted molar refractivity (Wildman–Crippen MR) is 73.7 cm³/mol. The monoisotopic (exact) mass is 297 g/mol. The molecule has 0 bridgehead atoms. The van der Waals surface area contributed by atoms with Gasteiger partial charge < -0.3 is 5.32 Å². The Balaban J connectivity index is 2.36. The van der Waals surface area contributed by atoms with Gasteiger partial charge in [-0.25, -0.2) is 17.6 Å². The van der Waals surface area contributed by atoms with Gasteiger partial charge in [-0.15, -0.1) is 0 Å². The largest absolute Gasteiger partial charge is 0.313 e. The van der Waals surface area contributed by atoms with Crippen LogP contribution in [0.1, 0.15) is 18.9 Å². The maximum Gasteiger partial charge on any atom is 0.194 e. The minimum absolute atomic E-state index is 0.0266. The van der Waals surface area contributed by atoms with E-state index in [1.807, 2.05) is 6.92 Å². The number of nitrogens with one attached hydrogen (secondary N) is 1. The van der Waals surface area contributed by atoms with Gasteiger partial charge in [0.05, 0.1) is 0 Å². The lowest BCUT2D eigenvalue weighted by Crippen LogP contribution is -2.13. The van der Waals surface area contributed by atoms with E-state index in [4.69, 9.17) is 0 Å². The Morgan fingerprint density at radius 3 is 2.19 bits per heavy atom. The van der Waals surface area contributed by atoms with Crippen molar-refractivity contribution in [2.45, 2.75) is 19.9 Å². The van der Waals surface area contributed by atoms with Crippen molar-refractivity contribution in [1.29, 1.82) is 0 Å². The Kier molecular flexibility index (Phi) is 4.96. The third kappa shape index (κ3) is 3.61. The fraction of sp³-hybridized carbons (Fsp3) is 0.250. The highest BCUT2D eigenvalue weighted by molar-refractivity contribution is 5.65. The van der Waals surface area contributed by atoms with Crippen LogP contribution in [0.5, 0.6) is 0 Å². The summed E-state index contributed by atoms with van der Waals surface area (Å²) in [4.78, 5) is 0. The Morgan fingerprint density at radius 1 is 0.905 bits per heavy atom. The molecule has 0 fully saturated rings. The van der Waals surface area contributed by atoms with Crippen molar-refractivity contribution >= 4 is 0 Å². The fourth-order valence-corrected chi connectivity index (χ4v) is 2.02. The maximum atomic E-state index is 13.8. The second-order valence-electron chi connectivity index (χ2n) is 4.74. The van der Waals surface area contributed by atoms with Crippen LogP contribution in [0.4, 0.5) is 17.6 Å². The van der Waals surface area contributed by atoms with Crippen LogP contribution in [0.25, 0.3) is 11.1 Å². The molecular formula is C16H15F4N. The van der Waals surface area contributed by atoms with E-state index in [0.29, 0.717) is 6.54 Å². The van der Waals surface area contributed by atoms with Crippen molar-refractivity contribution in [2.24, 2.45) is 0 Å². The molecule has 0 heterocycles. The lowest BCUT2D eigenvalue weighted by atomic mass is 10.0. The molecule has 112 valence electrons. The van der Waals surface area contributed by atoms with E-state index in [0.717, 1.165) is 30.7 Å². The summed E-state index contributed by atoms with van der Waals surface area (Å²) in [6, 6.07) is 5.92. The van der Waals surface area contributed by atoms with Crippen molar-refractivity contribution in [2.75, 3.05) is 6.54 Å². The second-order valence-corrected chi connectivity index (χ2v) is 4.74. The van der Waals surface area contributed by atoms with Crippen LogP contribution in [-0.4, -0.2) is 6.54 Å².